The molecule has 4 N–H and O–H groups in total. The Labute approximate surface area is 148 Å². The molecular formula is C19H24N4O2. The second-order valence-electron chi connectivity index (χ2n) is 5.50. The minimum absolute atomic E-state index is 0.118. The molecule has 6 heteroatoms. The summed E-state index contributed by atoms with van der Waals surface area (Å²) in [7, 11) is 0. The topological polar surface area (TPSA) is 88.7 Å². The zero-order chi connectivity index (χ0) is 18.1. The van der Waals surface area contributed by atoms with Crippen LogP contribution in [0.15, 0.2) is 53.5 Å². The lowest BCUT2D eigenvalue weighted by Crippen LogP contribution is -2.23. The second kappa shape index (κ2) is 9.32. The number of hydrogen-bond acceptors (Lipinski definition) is 3. The third kappa shape index (κ3) is 6.55. The molecule has 132 valence electrons. The number of guanidine groups is 1. The highest BCUT2D eigenvalue weighted by Crippen LogP contribution is 2.17. The Balaban J connectivity index is 1.78. The maximum absolute atomic E-state index is 11.1. The smallest absolute Gasteiger partial charge is 0.221 e. The quantitative estimate of drug-likeness (QED) is 0.411. The average molecular weight is 340 g/mol. The highest BCUT2D eigenvalue weighted by atomic mass is 16.5. The van der Waals surface area contributed by atoms with Gasteiger partial charge in [0.2, 0.25) is 5.91 Å². The molecule has 0 aromatic heterocycles. The van der Waals surface area contributed by atoms with Gasteiger partial charge in [-0.1, -0.05) is 25.1 Å². The van der Waals surface area contributed by atoms with Crippen molar-refractivity contribution >= 4 is 23.2 Å². The predicted molar refractivity (Wildman–Crippen MR) is 102 cm³/mol. The Hall–Kier alpha value is -3.02. The first-order valence-electron chi connectivity index (χ1n) is 8.23. The Morgan fingerprint density at radius 3 is 2.56 bits per heavy atom. The Kier molecular flexibility index (Phi) is 6.83. The van der Waals surface area contributed by atoms with Crippen LogP contribution in [0.3, 0.4) is 0 Å². The Bertz CT molecular complexity index is 726. The fourth-order valence-corrected chi connectivity index (χ4v) is 2.21. The van der Waals surface area contributed by atoms with E-state index in [1.165, 1.54) is 12.5 Å². The number of hydrogen-bond donors (Lipinski definition) is 3. The van der Waals surface area contributed by atoms with Crippen LogP contribution in [0.4, 0.5) is 11.4 Å². The van der Waals surface area contributed by atoms with Crippen LogP contribution in [0, 0.1) is 0 Å². The van der Waals surface area contributed by atoms with Gasteiger partial charge in [0, 0.05) is 24.4 Å². The summed E-state index contributed by atoms with van der Waals surface area (Å²) in [6.45, 7) is 4.40. The van der Waals surface area contributed by atoms with Crippen LogP contribution in [0.5, 0.6) is 5.75 Å². The van der Waals surface area contributed by atoms with Gasteiger partial charge in [0.05, 0.1) is 6.54 Å². The summed E-state index contributed by atoms with van der Waals surface area (Å²) in [5.74, 6) is 0.899. The largest absolute Gasteiger partial charge is 0.492 e. The molecule has 0 fully saturated rings. The van der Waals surface area contributed by atoms with Crippen molar-refractivity contribution < 1.29 is 9.53 Å². The van der Waals surface area contributed by atoms with E-state index in [0.717, 1.165) is 12.1 Å². The molecule has 0 unspecified atom stereocenters. The molecule has 2 rings (SSSR count). The summed E-state index contributed by atoms with van der Waals surface area (Å²) >= 11 is 0. The number of nitrogens with one attached hydrogen (secondary N) is 2. The number of carbonyl (C=O) groups is 1. The zero-order valence-corrected chi connectivity index (χ0v) is 14.6. The van der Waals surface area contributed by atoms with Crippen LogP contribution in [-0.2, 0) is 11.2 Å². The lowest BCUT2D eigenvalue weighted by Gasteiger charge is -2.08. The Morgan fingerprint density at radius 1 is 1.12 bits per heavy atom. The standard InChI is InChI=1S/C19H24N4O2/c1-3-15-7-9-16(10-8-15)23-19(20)21-11-12-25-18-6-4-5-17(13-18)22-14(2)24/h4-10,13H,3,11-12H2,1-2H3,(H,22,24)(H3,20,21,23). The van der Waals surface area contributed by atoms with Crippen molar-refractivity contribution in [3.8, 4) is 5.75 Å². The summed E-state index contributed by atoms with van der Waals surface area (Å²) in [6.07, 6.45) is 1.00. The first kappa shape index (κ1) is 18.3. The van der Waals surface area contributed by atoms with E-state index in [9.17, 15) is 4.79 Å². The number of aliphatic imine (C=N–C) groups is 1. The van der Waals surface area contributed by atoms with Gasteiger partial charge in [0.25, 0.3) is 0 Å². The van der Waals surface area contributed by atoms with Crippen molar-refractivity contribution in [3.05, 3.63) is 54.1 Å². The van der Waals surface area contributed by atoms with Crippen molar-refractivity contribution in [1.82, 2.24) is 0 Å². The number of carbonyl (C=O) groups excluding carboxylic acids is 1. The lowest BCUT2D eigenvalue weighted by atomic mass is 10.1. The van der Waals surface area contributed by atoms with Gasteiger partial charge in [-0.05, 0) is 36.2 Å². The van der Waals surface area contributed by atoms with Crippen LogP contribution in [0.25, 0.3) is 0 Å². The summed E-state index contributed by atoms with van der Waals surface area (Å²) < 4.78 is 5.62. The zero-order valence-electron chi connectivity index (χ0n) is 14.6. The van der Waals surface area contributed by atoms with Crippen molar-refractivity contribution in [3.63, 3.8) is 0 Å². The number of rotatable bonds is 7. The molecule has 0 aliphatic heterocycles. The van der Waals surface area contributed by atoms with E-state index in [2.05, 4.69) is 34.7 Å². The van der Waals surface area contributed by atoms with E-state index < -0.39 is 0 Å². The summed E-state index contributed by atoms with van der Waals surface area (Å²) in [4.78, 5) is 15.3. The van der Waals surface area contributed by atoms with Crippen LogP contribution >= 0.6 is 0 Å². The number of benzene rings is 2. The number of anilines is 2. The van der Waals surface area contributed by atoms with E-state index in [4.69, 9.17) is 10.5 Å². The molecule has 1 amide bonds. The summed E-state index contributed by atoms with van der Waals surface area (Å²) in [6, 6.07) is 15.3. The number of nitrogens with zero attached hydrogens (tertiary/aromatic N) is 1. The van der Waals surface area contributed by atoms with Gasteiger partial charge in [0.1, 0.15) is 12.4 Å². The van der Waals surface area contributed by atoms with Crippen LogP contribution in [0.1, 0.15) is 19.4 Å². The Morgan fingerprint density at radius 2 is 1.88 bits per heavy atom. The second-order valence-corrected chi connectivity index (χ2v) is 5.50. The molecule has 0 bridgehead atoms. The molecule has 0 saturated carbocycles. The first-order valence-corrected chi connectivity index (χ1v) is 8.23. The summed E-state index contributed by atoms with van der Waals surface area (Å²) in [5, 5.41) is 5.76. The number of amides is 1. The molecule has 0 atom stereocenters. The van der Waals surface area contributed by atoms with E-state index in [-0.39, 0.29) is 5.91 Å². The van der Waals surface area contributed by atoms with Crippen LogP contribution < -0.4 is 21.1 Å². The molecule has 25 heavy (non-hydrogen) atoms. The molecule has 0 aliphatic carbocycles. The highest BCUT2D eigenvalue weighted by molar-refractivity contribution is 5.92. The molecule has 0 radical (unpaired) electrons. The minimum Gasteiger partial charge on any atom is -0.492 e. The molecule has 0 saturated heterocycles. The maximum atomic E-state index is 11.1. The molecule has 6 nitrogen and oxygen atoms in total. The van der Waals surface area contributed by atoms with Gasteiger partial charge < -0.3 is 21.1 Å². The van der Waals surface area contributed by atoms with Crippen molar-refractivity contribution in [1.29, 1.82) is 0 Å². The third-order valence-corrected chi connectivity index (χ3v) is 3.43. The third-order valence-electron chi connectivity index (χ3n) is 3.43. The number of aryl methyl sites for hydroxylation is 1. The highest BCUT2D eigenvalue weighted by Gasteiger charge is 1.99. The van der Waals surface area contributed by atoms with Gasteiger partial charge in [-0.2, -0.15) is 0 Å². The van der Waals surface area contributed by atoms with E-state index in [1.54, 1.807) is 12.1 Å². The molecule has 2 aromatic rings. The fourth-order valence-electron chi connectivity index (χ4n) is 2.21. The average Bonchev–Trinajstić information content (AvgIpc) is 2.59. The molecule has 0 heterocycles. The van der Waals surface area contributed by atoms with E-state index >= 15 is 0 Å². The molecule has 0 spiro atoms. The van der Waals surface area contributed by atoms with E-state index in [1.807, 2.05) is 24.3 Å². The number of nitrogens with two attached hydrogens (primary N) is 1. The molecule has 0 aliphatic rings. The molecular weight excluding hydrogens is 316 g/mol. The van der Waals surface area contributed by atoms with Crippen molar-refractivity contribution in [2.45, 2.75) is 20.3 Å². The first-order chi connectivity index (χ1) is 12.1. The summed E-state index contributed by atoms with van der Waals surface area (Å²) in [5.41, 5.74) is 8.75. The van der Waals surface area contributed by atoms with Crippen molar-refractivity contribution in [2.24, 2.45) is 10.7 Å². The van der Waals surface area contributed by atoms with Gasteiger partial charge in [-0.3, -0.25) is 4.79 Å². The minimum atomic E-state index is -0.118. The van der Waals surface area contributed by atoms with E-state index in [0.29, 0.717) is 30.5 Å². The van der Waals surface area contributed by atoms with Gasteiger partial charge in [0.15, 0.2) is 5.96 Å². The van der Waals surface area contributed by atoms with Gasteiger partial charge in [-0.25, -0.2) is 4.99 Å². The molecule has 2 aromatic carbocycles. The predicted octanol–water partition coefficient (Wildman–Crippen LogP) is 3.01. The van der Waals surface area contributed by atoms with Gasteiger partial charge in [-0.15, -0.1) is 0 Å². The lowest BCUT2D eigenvalue weighted by molar-refractivity contribution is -0.114. The maximum Gasteiger partial charge on any atom is 0.221 e. The number of ether oxygens (including phenoxy) is 1. The fraction of sp³-hybridized carbons (Fsp3) is 0.263. The van der Waals surface area contributed by atoms with Crippen LogP contribution in [0.2, 0.25) is 0 Å². The SMILES string of the molecule is CCc1ccc(NC(N)=NCCOc2cccc(NC(C)=O)c2)cc1. The monoisotopic (exact) mass is 340 g/mol. The normalized spacial score (nSPS) is 11.0. The van der Waals surface area contributed by atoms with Gasteiger partial charge >= 0.3 is 0 Å². The van der Waals surface area contributed by atoms with Crippen LogP contribution in [-0.4, -0.2) is 25.0 Å². The van der Waals surface area contributed by atoms with Crippen molar-refractivity contribution in [2.75, 3.05) is 23.8 Å².